The third-order valence-corrected chi connectivity index (χ3v) is 13.4. The Labute approximate surface area is 404 Å². The van der Waals surface area contributed by atoms with Gasteiger partial charge in [-0.05, 0) is 125 Å². The summed E-state index contributed by atoms with van der Waals surface area (Å²) < 4.78 is 0. The van der Waals surface area contributed by atoms with E-state index in [0.717, 1.165) is 72.7 Å². The maximum Gasteiger partial charge on any atom is 0.0618 e. The van der Waals surface area contributed by atoms with Gasteiger partial charge < -0.3 is 4.90 Å². The van der Waals surface area contributed by atoms with Crippen LogP contribution in [0.3, 0.4) is 0 Å². The molecule has 0 atom stereocenters. The highest BCUT2D eigenvalue weighted by atomic mass is 15.1. The zero-order valence-electron chi connectivity index (χ0n) is 38.1. The number of hydrogen-bond donors (Lipinski definition) is 0. The maximum absolute atomic E-state index is 2.50. The lowest BCUT2D eigenvalue weighted by molar-refractivity contribution is 1.28. The highest BCUT2D eigenvalue weighted by Crippen LogP contribution is 2.50. The fourth-order valence-corrected chi connectivity index (χ4v) is 10.2. The van der Waals surface area contributed by atoms with E-state index < -0.39 is 0 Å². The average Bonchev–Trinajstić information content (AvgIpc) is 3.44. The molecule has 12 aromatic carbocycles. The van der Waals surface area contributed by atoms with Crippen molar-refractivity contribution in [3.63, 3.8) is 0 Å². The largest absolute Gasteiger partial charge is 0.309 e. The van der Waals surface area contributed by atoms with Gasteiger partial charge in [-0.3, -0.25) is 0 Å². The first-order chi connectivity index (χ1) is 34.2. The van der Waals surface area contributed by atoms with Crippen LogP contribution in [0.1, 0.15) is 0 Å². The van der Waals surface area contributed by atoms with Gasteiger partial charge >= 0.3 is 0 Å². The van der Waals surface area contributed by atoms with Crippen molar-refractivity contribution in [3.05, 3.63) is 285 Å². The third kappa shape index (κ3) is 7.97. The van der Waals surface area contributed by atoms with Gasteiger partial charge in [-0.2, -0.15) is 0 Å². The second-order valence-electron chi connectivity index (χ2n) is 17.6. The highest BCUT2D eigenvalue weighted by Gasteiger charge is 2.24. The average molecular weight is 878 g/mol. The number of fused-ring (bicyclic) bond motifs is 3. The summed E-state index contributed by atoms with van der Waals surface area (Å²) in [7, 11) is 0. The summed E-state index contributed by atoms with van der Waals surface area (Å²) in [5, 5.41) is 4.96. The monoisotopic (exact) mass is 877 g/mol. The highest BCUT2D eigenvalue weighted by molar-refractivity contribution is 6.22. The lowest BCUT2D eigenvalue weighted by Gasteiger charge is -2.31. The molecule has 0 aromatic heterocycles. The number of para-hydroxylation sites is 1. The van der Waals surface area contributed by atoms with E-state index in [1.54, 1.807) is 0 Å². The molecule has 0 bridgehead atoms. The van der Waals surface area contributed by atoms with Crippen molar-refractivity contribution in [2.24, 2.45) is 0 Å². The van der Waals surface area contributed by atoms with Gasteiger partial charge in [-0.25, -0.2) is 0 Å². The fourth-order valence-electron chi connectivity index (χ4n) is 10.2. The van der Waals surface area contributed by atoms with Gasteiger partial charge in [-0.1, -0.05) is 249 Å². The van der Waals surface area contributed by atoms with E-state index in [-0.39, 0.29) is 0 Å². The van der Waals surface area contributed by atoms with Gasteiger partial charge in [0.1, 0.15) is 0 Å². The summed E-state index contributed by atoms with van der Waals surface area (Å²) in [6.07, 6.45) is 0. The molecule has 0 aliphatic rings. The van der Waals surface area contributed by atoms with Crippen LogP contribution in [0.4, 0.5) is 17.1 Å². The van der Waals surface area contributed by atoms with E-state index >= 15 is 0 Å². The van der Waals surface area contributed by atoms with Crippen LogP contribution in [0.5, 0.6) is 0 Å². The fraction of sp³-hybridized carbons (Fsp3) is 0. The number of nitrogens with zero attached hydrogens (tertiary/aromatic N) is 1. The van der Waals surface area contributed by atoms with E-state index in [2.05, 4.69) is 290 Å². The first-order valence-corrected chi connectivity index (χ1v) is 23.7. The third-order valence-electron chi connectivity index (χ3n) is 13.4. The number of rotatable bonds is 10. The predicted octanol–water partition coefficient (Wildman–Crippen LogP) is 19.1. The second kappa shape index (κ2) is 18.3. The molecule has 324 valence electrons. The Hall–Kier alpha value is -9.04. The predicted molar refractivity (Wildman–Crippen MR) is 294 cm³/mol. The Bertz CT molecular complexity index is 3620. The van der Waals surface area contributed by atoms with Crippen molar-refractivity contribution in [2.45, 2.75) is 0 Å². The Morgan fingerprint density at radius 2 is 0.565 bits per heavy atom. The van der Waals surface area contributed by atoms with Crippen LogP contribution in [0.2, 0.25) is 0 Å². The number of anilines is 3. The van der Waals surface area contributed by atoms with Crippen LogP contribution in [-0.2, 0) is 0 Å². The number of hydrogen-bond acceptors (Lipinski definition) is 1. The van der Waals surface area contributed by atoms with Crippen LogP contribution in [0.25, 0.3) is 99.4 Å². The summed E-state index contributed by atoms with van der Waals surface area (Å²) in [6, 6.07) is 104. The van der Waals surface area contributed by atoms with Crippen LogP contribution in [-0.4, -0.2) is 0 Å². The normalized spacial score (nSPS) is 11.2. The van der Waals surface area contributed by atoms with Gasteiger partial charge in [0.15, 0.2) is 0 Å². The minimum atomic E-state index is 1.06. The summed E-state index contributed by atoms with van der Waals surface area (Å²) in [4.78, 5) is 2.50. The standard InChI is InChI=1S/C68H47N/c1-7-23-48(24-8-1)56-43-57(49-25-9-2-10-26-49)46-59(45-56)69(68-60(50-27-11-3-12-28-50)39-22-40-61(68)51-29-13-4-14-30-51)58-36-21-35-54(44-58)55-41-42-63-62-37-19-20-38-64(62)66(52-31-15-5-16-32-52)67(65(63)47-55)53-33-17-6-18-34-53/h1-47H. The maximum atomic E-state index is 2.50. The van der Waals surface area contributed by atoms with Crippen molar-refractivity contribution < 1.29 is 0 Å². The van der Waals surface area contributed by atoms with E-state index in [0.29, 0.717) is 0 Å². The van der Waals surface area contributed by atoms with Crippen LogP contribution in [0, 0.1) is 0 Å². The minimum absolute atomic E-state index is 1.06. The summed E-state index contributed by atoms with van der Waals surface area (Å²) in [5.41, 5.74) is 19.6. The molecule has 0 aliphatic carbocycles. The second-order valence-corrected chi connectivity index (χ2v) is 17.6. The molecule has 0 saturated heterocycles. The Morgan fingerprint density at radius 3 is 1.09 bits per heavy atom. The van der Waals surface area contributed by atoms with Gasteiger partial charge in [0.25, 0.3) is 0 Å². The molecule has 0 spiro atoms. The molecule has 0 fully saturated rings. The molecule has 1 heteroatoms. The molecule has 69 heavy (non-hydrogen) atoms. The molecule has 0 amide bonds. The molecule has 0 saturated carbocycles. The smallest absolute Gasteiger partial charge is 0.0618 e. The first-order valence-electron chi connectivity index (χ1n) is 23.7. The SMILES string of the molecule is c1ccc(-c2cc(-c3ccccc3)cc(N(c3cccc(-c4ccc5c(c4)c(-c4ccccc4)c(-c4ccccc4)c4ccccc45)c3)c3c(-c4ccccc4)cccc3-c3ccccc3)c2)cc1. The molecule has 12 rings (SSSR count). The van der Waals surface area contributed by atoms with Gasteiger partial charge in [0, 0.05) is 22.5 Å². The molecule has 1 nitrogen and oxygen atoms in total. The lowest BCUT2D eigenvalue weighted by atomic mass is 9.84. The summed E-state index contributed by atoms with van der Waals surface area (Å²) in [5.74, 6) is 0. The summed E-state index contributed by atoms with van der Waals surface area (Å²) in [6.45, 7) is 0. The Balaban J connectivity index is 1.14. The summed E-state index contributed by atoms with van der Waals surface area (Å²) >= 11 is 0. The van der Waals surface area contributed by atoms with Crippen molar-refractivity contribution in [3.8, 4) is 77.9 Å². The topological polar surface area (TPSA) is 3.24 Å². The van der Waals surface area contributed by atoms with Crippen molar-refractivity contribution in [1.29, 1.82) is 0 Å². The molecular formula is C68H47N. The van der Waals surface area contributed by atoms with E-state index in [9.17, 15) is 0 Å². The minimum Gasteiger partial charge on any atom is -0.309 e. The van der Waals surface area contributed by atoms with Gasteiger partial charge in [0.05, 0.1) is 5.69 Å². The molecule has 0 N–H and O–H groups in total. The van der Waals surface area contributed by atoms with Gasteiger partial charge in [-0.15, -0.1) is 0 Å². The molecule has 12 aromatic rings. The van der Waals surface area contributed by atoms with E-state index in [1.807, 2.05) is 0 Å². The molecule has 0 heterocycles. The lowest BCUT2D eigenvalue weighted by Crippen LogP contribution is -2.13. The number of benzene rings is 12. The van der Waals surface area contributed by atoms with E-state index in [1.165, 1.54) is 43.8 Å². The Morgan fingerprint density at radius 1 is 0.188 bits per heavy atom. The van der Waals surface area contributed by atoms with E-state index in [4.69, 9.17) is 0 Å². The van der Waals surface area contributed by atoms with Crippen LogP contribution < -0.4 is 4.90 Å². The van der Waals surface area contributed by atoms with Crippen LogP contribution >= 0.6 is 0 Å². The molecular weight excluding hydrogens is 831 g/mol. The van der Waals surface area contributed by atoms with Gasteiger partial charge in [0.2, 0.25) is 0 Å². The molecule has 0 aliphatic heterocycles. The quantitative estimate of drug-likeness (QED) is 0.124. The van der Waals surface area contributed by atoms with Crippen molar-refractivity contribution in [1.82, 2.24) is 0 Å². The van der Waals surface area contributed by atoms with Crippen LogP contribution in [0.15, 0.2) is 285 Å². The molecule has 0 unspecified atom stereocenters. The zero-order valence-corrected chi connectivity index (χ0v) is 38.1. The van der Waals surface area contributed by atoms with Crippen molar-refractivity contribution in [2.75, 3.05) is 4.90 Å². The molecule has 0 radical (unpaired) electrons. The Kier molecular flexibility index (Phi) is 11.0. The zero-order chi connectivity index (χ0) is 45.9. The van der Waals surface area contributed by atoms with Crippen molar-refractivity contribution >= 4 is 38.6 Å². The first kappa shape index (κ1) is 41.4.